The van der Waals surface area contributed by atoms with E-state index in [0.29, 0.717) is 5.02 Å². The van der Waals surface area contributed by atoms with Crippen LogP contribution in [0.4, 0.5) is 5.69 Å². The molecular weight excluding hydrogens is 262 g/mol. The highest BCUT2D eigenvalue weighted by Crippen LogP contribution is 2.46. The van der Waals surface area contributed by atoms with Crippen LogP contribution in [-0.2, 0) is 4.79 Å². The second-order valence-corrected chi connectivity index (χ2v) is 6.08. The number of aliphatic hydroxyl groups excluding tert-OH is 1. The number of anilines is 1. The van der Waals surface area contributed by atoms with Crippen LogP contribution < -0.4 is 4.90 Å². The normalized spacial score (nSPS) is 31.2. The van der Waals surface area contributed by atoms with Gasteiger partial charge < -0.3 is 10.0 Å². The van der Waals surface area contributed by atoms with Crippen LogP contribution in [0, 0.1) is 5.41 Å². The second kappa shape index (κ2) is 4.80. The van der Waals surface area contributed by atoms with Crippen LogP contribution in [0.3, 0.4) is 0 Å². The van der Waals surface area contributed by atoms with Gasteiger partial charge in [-0.3, -0.25) is 4.79 Å². The first-order valence-corrected chi connectivity index (χ1v) is 7.25. The van der Waals surface area contributed by atoms with Crippen molar-refractivity contribution < 1.29 is 9.90 Å². The van der Waals surface area contributed by atoms with Gasteiger partial charge in [-0.15, -0.1) is 0 Å². The monoisotopic (exact) mass is 279 g/mol. The van der Waals surface area contributed by atoms with Gasteiger partial charge in [0, 0.05) is 6.54 Å². The standard InChI is InChI=1S/C15H18ClNO2/c16-12-3-1-2-4-13(12)17-10-9-15(14(17)19)7-5-11(18)6-8-15/h1-4,11,18H,5-10H2. The van der Waals surface area contributed by atoms with E-state index in [0.717, 1.165) is 44.3 Å². The minimum absolute atomic E-state index is 0.188. The Balaban J connectivity index is 1.85. The van der Waals surface area contributed by atoms with Crippen molar-refractivity contribution in [2.75, 3.05) is 11.4 Å². The summed E-state index contributed by atoms with van der Waals surface area (Å²) in [6.45, 7) is 0.735. The third kappa shape index (κ3) is 2.15. The van der Waals surface area contributed by atoms with Crippen LogP contribution in [0.5, 0.6) is 0 Å². The van der Waals surface area contributed by atoms with E-state index in [1.54, 1.807) is 0 Å². The third-order valence-electron chi connectivity index (χ3n) is 4.57. The summed E-state index contributed by atoms with van der Waals surface area (Å²) in [6.07, 6.45) is 3.73. The molecule has 1 aromatic rings. The zero-order valence-corrected chi connectivity index (χ0v) is 11.6. The van der Waals surface area contributed by atoms with Crippen molar-refractivity contribution in [1.82, 2.24) is 0 Å². The minimum atomic E-state index is -0.252. The highest BCUT2D eigenvalue weighted by molar-refractivity contribution is 6.33. The third-order valence-corrected chi connectivity index (χ3v) is 4.89. The predicted octanol–water partition coefficient (Wildman–Crippen LogP) is 3.00. The summed E-state index contributed by atoms with van der Waals surface area (Å²) in [6, 6.07) is 7.50. The number of hydrogen-bond acceptors (Lipinski definition) is 2. The van der Waals surface area contributed by atoms with Gasteiger partial charge in [-0.05, 0) is 44.2 Å². The predicted molar refractivity (Wildman–Crippen MR) is 75.3 cm³/mol. The fraction of sp³-hybridized carbons (Fsp3) is 0.533. The van der Waals surface area contributed by atoms with Crippen molar-refractivity contribution in [3.63, 3.8) is 0 Å². The van der Waals surface area contributed by atoms with Crippen LogP contribution in [0.2, 0.25) is 5.02 Å². The van der Waals surface area contributed by atoms with Crippen molar-refractivity contribution in [1.29, 1.82) is 0 Å². The Bertz CT molecular complexity index is 495. The molecular formula is C15H18ClNO2. The number of benzene rings is 1. The summed E-state index contributed by atoms with van der Waals surface area (Å²) >= 11 is 6.19. The van der Waals surface area contributed by atoms with Crippen LogP contribution in [-0.4, -0.2) is 23.7 Å². The van der Waals surface area contributed by atoms with E-state index in [4.69, 9.17) is 11.6 Å². The summed E-state index contributed by atoms with van der Waals surface area (Å²) in [5.74, 6) is 0.188. The summed E-state index contributed by atoms with van der Waals surface area (Å²) in [5.41, 5.74) is 0.565. The van der Waals surface area contributed by atoms with E-state index in [-0.39, 0.29) is 17.4 Å². The molecule has 0 unspecified atom stereocenters. The first kappa shape index (κ1) is 12.9. The van der Waals surface area contributed by atoms with Gasteiger partial charge in [0.2, 0.25) is 5.91 Å². The summed E-state index contributed by atoms with van der Waals surface area (Å²) < 4.78 is 0. The van der Waals surface area contributed by atoms with Crippen molar-refractivity contribution in [2.24, 2.45) is 5.41 Å². The molecule has 0 bridgehead atoms. The maximum absolute atomic E-state index is 12.7. The molecule has 1 aromatic carbocycles. The lowest BCUT2D eigenvalue weighted by molar-refractivity contribution is -0.128. The molecule has 1 spiro atoms. The number of hydrogen-bond donors (Lipinski definition) is 1. The van der Waals surface area contributed by atoms with Crippen LogP contribution in [0.25, 0.3) is 0 Å². The number of para-hydroxylation sites is 1. The zero-order valence-electron chi connectivity index (χ0n) is 10.8. The quantitative estimate of drug-likeness (QED) is 0.858. The van der Waals surface area contributed by atoms with E-state index in [2.05, 4.69) is 0 Å². The molecule has 3 rings (SSSR count). The Morgan fingerprint density at radius 3 is 2.58 bits per heavy atom. The smallest absolute Gasteiger partial charge is 0.233 e. The molecule has 1 saturated carbocycles. The van der Waals surface area contributed by atoms with Crippen molar-refractivity contribution in [3.8, 4) is 0 Å². The maximum Gasteiger partial charge on any atom is 0.233 e. The number of halogens is 1. The molecule has 1 amide bonds. The van der Waals surface area contributed by atoms with E-state index in [1.165, 1.54) is 0 Å². The van der Waals surface area contributed by atoms with E-state index >= 15 is 0 Å². The molecule has 0 aromatic heterocycles. The summed E-state index contributed by atoms with van der Waals surface area (Å²) in [4.78, 5) is 14.5. The fourth-order valence-electron chi connectivity index (χ4n) is 3.34. The molecule has 2 aliphatic rings. The van der Waals surface area contributed by atoms with E-state index in [9.17, 15) is 9.90 Å². The Hall–Kier alpha value is -1.06. The highest BCUT2D eigenvalue weighted by atomic mass is 35.5. The van der Waals surface area contributed by atoms with E-state index in [1.807, 2.05) is 29.2 Å². The molecule has 0 radical (unpaired) electrons. The molecule has 0 atom stereocenters. The van der Waals surface area contributed by atoms with Gasteiger partial charge in [-0.1, -0.05) is 23.7 Å². The van der Waals surface area contributed by atoms with E-state index < -0.39 is 0 Å². The number of rotatable bonds is 1. The lowest BCUT2D eigenvalue weighted by atomic mass is 9.72. The lowest BCUT2D eigenvalue weighted by Gasteiger charge is -2.33. The van der Waals surface area contributed by atoms with Crippen LogP contribution >= 0.6 is 11.6 Å². The Labute approximate surface area is 118 Å². The molecule has 4 heteroatoms. The number of nitrogens with zero attached hydrogens (tertiary/aromatic N) is 1. The molecule has 1 N–H and O–H groups in total. The highest BCUT2D eigenvalue weighted by Gasteiger charge is 2.48. The van der Waals surface area contributed by atoms with Gasteiger partial charge >= 0.3 is 0 Å². The summed E-state index contributed by atoms with van der Waals surface area (Å²) in [5, 5.41) is 10.2. The molecule has 19 heavy (non-hydrogen) atoms. The van der Waals surface area contributed by atoms with Gasteiger partial charge in [-0.25, -0.2) is 0 Å². The molecule has 1 heterocycles. The number of amides is 1. The van der Waals surface area contributed by atoms with Crippen molar-refractivity contribution >= 4 is 23.2 Å². The fourth-order valence-corrected chi connectivity index (χ4v) is 3.58. The minimum Gasteiger partial charge on any atom is -0.393 e. The molecule has 1 saturated heterocycles. The summed E-state index contributed by atoms with van der Waals surface area (Å²) in [7, 11) is 0. The topological polar surface area (TPSA) is 40.5 Å². The molecule has 2 fully saturated rings. The second-order valence-electron chi connectivity index (χ2n) is 5.67. The molecule has 1 aliphatic heterocycles. The van der Waals surface area contributed by atoms with Crippen molar-refractivity contribution in [2.45, 2.75) is 38.2 Å². The molecule has 1 aliphatic carbocycles. The Morgan fingerprint density at radius 2 is 1.89 bits per heavy atom. The Morgan fingerprint density at radius 1 is 1.21 bits per heavy atom. The first-order chi connectivity index (χ1) is 9.12. The van der Waals surface area contributed by atoms with Gasteiger partial charge in [0.05, 0.1) is 22.2 Å². The Kier molecular flexibility index (Phi) is 3.27. The SMILES string of the molecule is O=C1N(c2ccccc2Cl)CCC12CCC(O)CC2. The number of carbonyl (C=O) groups is 1. The number of aliphatic hydroxyl groups is 1. The van der Waals surface area contributed by atoms with Gasteiger partial charge in [0.25, 0.3) is 0 Å². The largest absolute Gasteiger partial charge is 0.393 e. The van der Waals surface area contributed by atoms with Gasteiger partial charge in [0.1, 0.15) is 0 Å². The number of carbonyl (C=O) groups excluding carboxylic acids is 1. The van der Waals surface area contributed by atoms with Gasteiger partial charge in [0.15, 0.2) is 0 Å². The first-order valence-electron chi connectivity index (χ1n) is 6.87. The average Bonchev–Trinajstić information content (AvgIpc) is 2.72. The maximum atomic E-state index is 12.7. The molecule has 102 valence electrons. The zero-order chi connectivity index (χ0) is 13.5. The molecule has 3 nitrogen and oxygen atoms in total. The average molecular weight is 280 g/mol. The van der Waals surface area contributed by atoms with Crippen LogP contribution in [0.1, 0.15) is 32.1 Å². The van der Waals surface area contributed by atoms with Gasteiger partial charge in [-0.2, -0.15) is 0 Å². The lowest BCUT2D eigenvalue weighted by Crippen LogP contribution is -2.38. The van der Waals surface area contributed by atoms with Crippen LogP contribution in [0.15, 0.2) is 24.3 Å². The van der Waals surface area contributed by atoms with Crippen molar-refractivity contribution in [3.05, 3.63) is 29.3 Å².